The minimum atomic E-state index is -0.315. The van der Waals surface area contributed by atoms with E-state index in [9.17, 15) is 13.6 Å². The van der Waals surface area contributed by atoms with Crippen LogP contribution < -0.4 is 0 Å². The maximum atomic E-state index is 13.1. The summed E-state index contributed by atoms with van der Waals surface area (Å²) in [4.78, 5) is 12.1. The van der Waals surface area contributed by atoms with Crippen molar-refractivity contribution in [2.45, 2.75) is 13.0 Å². The molecule has 0 bridgehead atoms. The third kappa shape index (κ3) is 2.99. The molecule has 0 amide bonds. The zero-order valence-electron chi connectivity index (χ0n) is 11.2. The fourth-order valence-electron chi connectivity index (χ4n) is 2.38. The first-order chi connectivity index (χ1) is 10.1. The van der Waals surface area contributed by atoms with E-state index in [4.69, 9.17) is 0 Å². The topological polar surface area (TPSA) is 22.0 Å². The normalized spacial score (nSPS) is 11.0. The number of aromatic nitrogens is 1. The van der Waals surface area contributed by atoms with Gasteiger partial charge in [-0.05, 0) is 42.0 Å². The molecule has 0 aliphatic carbocycles. The van der Waals surface area contributed by atoms with E-state index >= 15 is 0 Å². The average Bonchev–Trinajstić information content (AvgIpc) is 2.83. The summed E-state index contributed by atoms with van der Waals surface area (Å²) >= 11 is 0. The standard InChI is InChI=1S/C17H13F2NO/c18-14-3-1-12(2-4-14)9-16(21)11-20-8-7-13-10-15(19)5-6-17(13)20/h1-8,10H,9,11H2. The van der Waals surface area contributed by atoms with Crippen LogP contribution in [0.2, 0.25) is 0 Å². The molecular weight excluding hydrogens is 272 g/mol. The molecule has 0 aliphatic heterocycles. The SMILES string of the molecule is O=C(Cc1ccc(F)cc1)Cn1ccc2cc(F)ccc21. The highest BCUT2D eigenvalue weighted by molar-refractivity contribution is 5.85. The Balaban J connectivity index is 1.75. The summed E-state index contributed by atoms with van der Waals surface area (Å²) < 4.78 is 27.7. The molecule has 0 atom stereocenters. The van der Waals surface area contributed by atoms with E-state index < -0.39 is 0 Å². The average molecular weight is 285 g/mol. The van der Waals surface area contributed by atoms with Crippen LogP contribution in [0, 0.1) is 11.6 Å². The van der Waals surface area contributed by atoms with Gasteiger partial charge in [-0.3, -0.25) is 4.79 Å². The van der Waals surface area contributed by atoms with E-state index in [2.05, 4.69) is 0 Å². The van der Waals surface area contributed by atoms with Gasteiger partial charge in [0, 0.05) is 23.5 Å². The Morgan fingerprint density at radius 3 is 2.43 bits per heavy atom. The molecule has 3 rings (SSSR count). The molecule has 2 aromatic carbocycles. The van der Waals surface area contributed by atoms with Gasteiger partial charge in [0.25, 0.3) is 0 Å². The summed E-state index contributed by atoms with van der Waals surface area (Å²) in [7, 11) is 0. The number of ketones is 1. The summed E-state index contributed by atoms with van der Waals surface area (Å²) in [6.45, 7) is 0.215. The molecule has 0 N–H and O–H groups in total. The lowest BCUT2D eigenvalue weighted by Crippen LogP contribution is -2.11. The predicted molar refractivity (Wildman–Crippen MR) is 77.0 cm³/mol. The van der Waals surface area contributed by atoms with Crippen LogP contribution in [0.3, 0.4) is 0 Å². The van der Waals surface area contributed by atoms with Crippen molar-refractivity contribution in [2.24, 2.45) is 0 Å². The maximum absolute atomic E-state index is 13.1. The molecule has 0 aliphatic rings. The van der Waals surface area contributed by atoms with Crippen molar-refractivity contribution in [1.29, 1.82) is 0 Å². The summed E-state index contributed by atoms with van der Waals surface area (Å²) in [5.74, 6) is -0.592. The van der Waals surface area contributed by atoms with E-state index in [-0.39, 0.29) is 30.4 Å². The molecule has 0 spiro atoms. The van der Waals surface area contributed by atoms with E-state index in [1.165, 1.54) is 24.3 Å². The molecule has 4 heteroatoms. The molecule has 0 radical (unpaired) electrons. The second kappa shape index (κ2) is 5.48. The molecule has 3 aromatic rings. The fraction of sp³-hybridized carbons (Fsp3) is 0.118. The lowest BCUT2D eigenvalue weighted by atomic mass is 10.1. The Hall–Kier alpha value is -2.49. The van der Waals surface area contributed by atoms with Gasteiger partial charge in [0.05, 0.1) is 6.54 Å². The minimum absolute atomic E-state index is 0.0171. The van der Waals surface area contributed by atoms with Crippen molar-refractivity contribution in [3.05, 3.63) is 71.9 Å². The van der Waals surface area contributed by atoms with Gasteiger partial charge in [0.2, 0.25) is 0 Å². The Labute approximate surface area is 120 Å². The Bertz CT molecular complexity index is 790. The first-order valence-electron chi connectivity index (χ1n) is 6.62. The molecule has 0 unspecified atom stereocenters. The van der Waals surface area contributed by atoms with Crippen LogP contribution in [0.25, 0.3) is 10.9 Å². The van der Waals surface area contributed by atoms with Crippen molar-refractivity contribution in [3.63, 3.8) is 0 Å². The van der Waals surface area contributed by atoms with Crippen LogP contribution in [0.4, 0.5) is 8.78 Å². The smallest absolute Gasteiger partial charge is 0.156 e. The van der Waals surface area contributed by atoms with Crippen LogP contribution in [-0.4, -0.2) is 10.4 Å². The number of hydrogen-bond donors (Lipinski definition) is 0. The van der Waals surface area contributed by atoms with E-state index in [1.54, 1.807) is 35.0 Å². The number of nitrogens with zero attached hydrogens (tertiary/aromatic N) is 1. The Morgan fingerprint density at radius 1 is 0.952 bits per heavy atom. The number of carbonyl (C=O) groups excluding carboxylic acids is 1. The molecule has 2 nitrogen and oxygen atoms in total. The van der Waals surface area contributed by atoms with Gasteiger partial charge in [-0.15, -0.1) is 0 Å². The summed E-state index contributed by atoms with van der Waals surface area (Å²) in [5.41, 5.74) is 1.60. The maximum Gasteiger partial charge on any atom is 0.156 e. The molecule has 1 aromatic heterocycles. The second-order valence-electron chi connectivity index (χ2n) is 4.99. The fourth-order valence-corrected chi connectivity index (χ4v) is 2.38. The Morgan fingerprint density at radius 2 is 1.67 bits per heavy atom. The van der Waals surface area contributed by atoms with Gasteiger partial charge in [-0.25, -0.2) is 8.78 Å². The summed E-state index contributed by atoms with van der Waals surface area (Å²) in [6, 6.07) is 12.2. The van der Waals surface area contributed by atoms with Gasteiger partial charge in [-0.2, -0.15) is 0 Å². The van der Waals surface area contributed by atoms with Gasteiger partial charge >= 0.3 is 0 Å². The number of halogens is 2. The minimum Gasteiger partial charge on any atom is -0.340 e. The van der Waals surface area contributed by atoms with Gasteiger partial charge in [0.1, 0.15) is 11.6 Å². The monoisotopic (exact) mass is 285 g/mol. The third-order valence-corrected chi connectivity index (χ3v) is 3.39. The number of carbonyl (C=O) groups is 1. The first kappa shape index (κ1) is 13.5. The zero-order valence-corrected chi connectivity index (χ0v) is 11.2. The van der Waals surface area contributed by atoms with Crippen LogP contribution >= 0.6 is 0 Å². The quantitative estimate of drug-likeness (QED) is 0.716. The molecular formula is C17H13F2NO. The molecule has 106 valence electrons. The summed E-state index contributed by atoms with van der Waals surface area (Å²) in [5, 5.41) is 0.768. The summed E-state index contributed by atoms with van der Waals surface area (Å²) in [6.07, 6.45) is 2.02. The van der Waals surface area contributed by atoms with Crippen LogP contribution in [0.5, 0.6) is 0 Å². The van der Waals surface area contributed by atoms with E-state index in [0.717, 1.165) is 16.5 Å². The van der Waals surface area contributed by atoms with Crippen molar-refractivity contribution in [1.82, 2.24) is 4.57 Å². The number of hydrogen-bond acceptors (Lipinski definition) is 1. The lowest BCUT2D eigenvalue weighted by Gasteiger charge is -2.05. The highest BCUT2D eigenvalue weighted by atomic mass is 19.1. The number of benzene rings is 2. The highest BCUT2D eigenvalue weighted by Gasteiger charge is 2.08. The van der Waals surface area contributed by atoms with Crippen molar-refractivity contribution < 1.29 is 13.6 Å². The van der Waals surface area contributed by atoms with Crippen LogP contribution in [0.15, 0.2) is 54.7 Å². The Kier molecular flexibility index (Phi) is 3.52. The molecule has 0 saturated carbocycles. The van der Waals surface area contributed by atoms with Crippen molar-refractivity contribution in [2.75, 3.05) is 0 Å². The molecule has 1 heterocycles. The van der Waals surface area contributed by atoms with Crippen molar-refractivity contribution in [3.8, 4) is 0 Å². The predicted octanol–water partition coefficient (Wildman–Crippen LogP) is 3.73. The molecule has 0 fully saturated rings. The number of fused-ring (bicyclic) bond motifs is 1. The first-order valence-corrected chi connectivity index (χ1v) is 6.62. The number of rotatable bonds is 4. The zero-order chi connectivity index (χ0) is 14.8. The highest BCUT2D eigenvalue weighted by Crippen LogP contribution is 2.17. The largest absolute Gasteiger partial charge is 0.340 e. The molecule has 0 saturated heterocycles. The van der Waals surface area contributed by atoms with Gasteiger partial charge in [-0.1, -0.05) is 12.1 Å². The second-order valence-corrected chi connectivity index (χ2v) is 4.99. The lowest BCUT2D eigenvalue weighted by molar-refractivity contribution is -0.118. The van der Waals surface area contributed by atoms with E-state index in [1.807, 2.05) is 0 Å². The third-order valence-electron chi connectivity index (χ3n) is 3.39. The van der Waals surface area contributed by atoms with Gasteiger partial charge < -0.3 is 4.57 Å². The van der Waals surface area contributed by atoms with Crippen molar-refractivity contribution >= 4 is 16.7 Å². The van der Waals surface area contributed by atoms with Crippen LogP contribution in [-0.2, 0) is 17.8 Å². The molecule has 21 heavy (non-hydrogen) atoms. The van der Waals surface area contributed by atoms with Gasteiger partial charge in [0.15, 0.2) is 5.78 Å². The van der Waals surface area contributed by atoms with Crippen LogP contribution in [0.1, 0.15) is 5.56 Å². The number of Topliss-reactive ketones (excluding diaryl/α,β-unsaturated/α-hetero) is 1. The van der Waals surface area contributed by atoms with E-state index in [0.29, 0.717) is 0 Å².